The van der Waals surface area contributed by atoms with Crippen LogP contribution in [0.4, 0.5) is 0 Å². The van der Waals surface area contributed by atoms with Gasteiger partial charge < -0.3 is 20.4 Å². The van der Waals surface area contributed by atoms with Crippen LogP contribution in [0.2, 0.25) is 0 Å². The Morgan fingerprint density at radius 2 is 1.87 bits per heavy atom. The molecule has 6 heteroatoms. The smallest absolute Gasteiger partial charge is 0.129 e. The molecule has 5 rings (SSSR count). The van der Waals surface area contributed by atoms with Crippen molar-refractivity contribution in [2.45, 2.75) is 116 Å². The number of hydrogen-bond acceptors (Lipinski definition) is 6. The van der Waals surface area contributed by atoms with E-state index >= 15 is 0 Å². The maximum atomic E-state index is 12.5. The van der Waals surface area contributed by atoms with Gasteiger partial charge in [0.05, 0.1) is 24.5 Å². The van der Waals surface area contributed by atoms with Gasteiger partial charge in [-0.3, -0.25) is 4.90 Å². The van der Waals surface area contributed by atoms with Crippen LogP contribution in [0.5, 0.6) is 0 Å². The topological polar surface area (TPSA) is 80.3 Å². The van der Waals surface area contributed by atoms with Gasteiger partial charge in [-0.15, -0.1) is 0 Å². The molecular formula is C32H55N3O3. The third kappa shape index (κ3) is 5.12. The number of nitrogens with zero attached hydrogens (tertiary/aromatic N) is 2. The fourth-order valence-electron chi connectivity index (χ4n) is 9.80. The van der Waals surface area contributed by atoms with Gasteiger partial charge in [-0.1, -0.05) is 25.1 Å². The number of hydrogen-bond donors (Lipinski definition) is 2. The molecule has 216 valence electrons. The normalized spacial score (nSPS) is 44.6. The molecule has 1 aliphatic heterocycles. The first-order chi connectivity index (χ1) is 18.2. The summed E-state index contributed by atoms with van der Waals surface area (Å²) in [6.07, 6.45) is 17.7. The van der Waals surface area contributed by atoms with E-state index in [9.17, 15) is 5.11 Å². The van der Waals surface area contributed by atoms with Gasteiger partial charge in [0.25, 0.3) is 0 Å². The number of rotatable bonds is 9. The van der Waals surface area contributed by atoms with Crippen LogP contribution in [0.1, 0.15) is 98.3 Å². The Morgan fingerprint density at radius 3 is 2.63 bits per heavy atom. The predicted molar refractivity (Wildman–Crippen MR) is 154 cm³/mol. The lowest BCUT2D eigenvalue weighted by atomic mass is 9.43. The number of ether oxygens (including phenoxy) is 1. The second kappa shape index (κ2) is 11.5. The van der Waals surface area contributed by atoms with Crippen molar-refractivity contribution in [1.82, 2.24) is 4.90 Å². The van der Waals surface area contributed by atoms with Gasteiger partial charge in [-0.05, 0) is 132 Å². The van der Waals surface area contributed by atoms with Crippen LogP contribution >= 0.6 is 0 Å². The first-order valence-corrected chi connectivity index (χ1v) is 15.8. The van der Waals surface area contributed by atoms with Crippen molar-refractivity contribution in [3.8, 4) is 0 Å². The van der Waals surface area contributed by atoms with Gasteiger partial charge in [0.1, 0.15) is 6.61 Å². The van der Waals surface area contributed by atoms with E-state index in [1.165, 1.54) is 64.5 Å². The molecule has 0 aromatic rings. The largest absolute Gasteiger partial charge is 0.394 e. The summed E-state index contributed by atoms with van der Waals surface area (Å²) in [6.45, 7) is 13.7. The maximum absolute atomic E-state index is 12.5. The van der Waals surface area contributed by atoms with E-state index < -0.39 is 5.60 Å². The van der Waals surface area contributed by atoms with Crippen molar-refractivity contribution in [3.05, 3.63) is 11.6 Å². The summed E-state index contributed by atoms with van der Waals surface area (Å²) in [4.78, 5) is 7.81. The minimum absolute atomic E-state index is 0.0589. The molecule has 4 saturated carbocycles. The Kier molecular flexibility index (Phi) is 8.65. The van der Waals surface area contributed by atoms with Crippen LogP contribution in [0.3, 0.4) is 0 Å². The van der Waals surface area contributed by atoms with E-state index in [0.717, 1.165) is 37.4 Å². The van der Waals surface area contributed by atoms with Crippen molar-refractivity contribution in [1.29, 1.82) is 0 Å². The standard InChI is InChI=1S/C32H55N3O3/c1-23(21-34-38-18-15-33)19-26-9-14-32(36)29-8-7-25-20-27(37-22-24(2)35-16-5-6-17-35)10-12-30(25,3)28(29)11-13-31(26,32)4/h19,21,24-29,36H,5-18,20,22,33H2,1-4H3/b23-19+,34-21+/t24?,25-,26-,27+,28+,29-,30+,31-,32+/m1/s1. The Balaban J connectivity index is 1.22. The average Bonchev–Trinajstić information content (AvgIpc) is 3.53. The first kappa shape index (κ1) is 28.6. The number of fused-ring (bicyclic) bond motifs is 5. The first-order valence-electron chi connectivity index (χ1n) is 15.8. The molecule has 38 heavy (non-hydrogen) atoms. The minimum Gasteiger partial charge on any atom is -0.394 e. The third-order valence-corrected chi connectivity index (χ3v) is 12.2. The van der Waals surface area contributed by atoms with Crippen LogP contribution in [0, 0.1) is 34.5 Å². The van der Waals surface area contributed by atoms with Crippen LogP contribution in [-0.4, -0.2) is 66.8 Å². The van der Waals surface area contributed by atoms with E-state index in [1.54, 1.807) is 6.21 Å². The summed E-state index contributed by atoms with van der Waals surface area (Å²) in [7, 11) is 0. The second-order valence-corrected chi connectivity index (χ2v) is 14.1. The molecule has 3 N–H and O–H groups in total. The molecule has 5 aliphatic rings. The third-order valence-electron chi connectivity index (χ3n) is 12.2. The molecule has 0 bridgehead atoms. The number of aliphatic hydroxyl groups is 1. The van der Waals surface area contributed by atoms with Crippen LogP contribution in [0.15, 0.2) is 16.8 Å². The van der Waals surface area contributed by atoms with Gasteiger partial charge in [-0.2, -0.15) is 0 Å². The highest BCUT2D eigenvalue weighted by Gasteiger charge is 2.66. The highest BCUT2D eigenvalue weighted by Crippen LogP contribution is 2.69. The van der Waals surface area contributed by atoms with E-state index in [1.807, 2.05) is 0 Å². The zero-order chi connectivity index (χ0) is 27.0. The van der Waals surface area contributed by atoms with E-state index in [2.05, 4.69) is 43.8 Å². The summed E-state index contributed by atoms with van der Waals surface area (Å²) >= 11 is 0. The summed E-state index contributed by atoms with van der Waals surface area (Å²) in [5.74, 6) is 2.19. The van der Waals surface area contributed by atoms with Crippen LogP contribution in [-0.2, 0) is 9.57 Å². The van der Waals surface area contributed by atoms with Gasteiger partial charge in [0, 0.05) is 18.0 Å². The van der Waals surface area contributed by atoms with Gasteiger partial charge >= 0.3 is 0 Å². The maximum Gasteiger partial charge on any atom is 0.129 e. The Labute approximate surface area is 231 Å². The summed E-state index contributed by atoms with van der Waals surface area (Å²) in [6, 6.07) is 0.546. The average molecular weight is 530 g/mol. The zero-order valence-electron chi connectivity index (χ0n) is 24.7. The lowest BCUT2D eigenvalue weighted by Gasteiger charge is -2.63. The zero-order valence-corrected chi connectivity index (χ0v) is 24.7. The van der Waals surface area contributed by atoms with Crippen LogP contribution in [0.25, 0.3) is 0 Å². The lowest BCUT2D eigenvalue weighted by Crippen LogP contribution is -2.62. The fourth-order valence-corrected chi connectivity index (χ4v) is 9.80. The number of allylic oxidation sites excluding steroid dienone is 2. The van der Waals surface area contributed by atoms with Gasteiger partial charge in [0.15, 0.2) is 0 Å². The van der Waals surface area contributed by atoms with E-state index in [-0.39, 0.29) is 5.41 Å². The van der Waals surface area contributed by atoms with Crippen molar-refractivity contribution >= 4 is 6.21 Å². The molecule has 0 radical (unpaired) electrons. The highest BCUT2D eigenvalue weighted by molar-refractivity contribution is 5.77. The van der Waals surface area contributed by atoms with E-state index in [4.69, 9.17) is 15.3 Å². The lowest BCUT2D eigenvalue weighted by molar-refractivity contribution is -0.209. The molecule has 6 nitrogen and oxygen atoms in total. The number of likely N-dealkylation sites (tertiary alicyclic amines) is 1. The Bertz CT molecular complexity index is 872. The highest BCUT2D eigenvalue weighted by atomic mass is 16.6. The van der Waals surface area contributed by atoms with Gasteiger partial charge in [0.2, 0.25) is 0 Å². The molecule has 1 unspecified atom stereocenters. The molecule has 0 aromatic heterocycles. The molecule has 9 atom stereocenters. The number of nitrogens with two attached hydrogens (primary N) is 1. The SMILES string of the molecule is CC(/C=N/OCCN)=C\[C@H]1CC[C@]2(O)[C@@H]3CC[C@@H]4C[C@@H](OCC(C)N5CCCC5)CC[C@]4(C)[C@H]3CC[C@]12C. The van der Waals surface area contributed by atoms with Crippen molar-refractivity contribution < 1.29 is 14.7 Å². The minimum atomic E-state index is -0.558. The summed E-state index contributed by atoms with van der Waals surface area (Å²) in [5, 5.41) is 16.5. The molecule has 1 saturated heterocycles. The molecule has 4 aliphatic carbocycles. The molecule has 0 aromatic carbocycles. The predicted octanol–water partition coefficient (Wildman–Crippen LogP) is 5.54. The van der Waals surface area contributed by atoms with Crippen molar-refractivity contribution in [3.63, 3.8) is 0 Å². The number of oxime groups is 1. The molecule has 1 heterocycles. The summed E-state index contributed by atoms with van der Waals surface area (Å²) < 4.78 is 6.56. The second-order valence-electron chi connectivity index (χ2n) is 14.1. The van der Waals surface area contributed by atoms with E-state index in [0.29, 0.717) is 48.5 Å². The van der Waals surface area contributed by atoms with Crippen molar-refractivity contribution in [2.75, 3.05) is 32.8 Å². The molecule has 0 amide bonds. The quantitative estimate of drug-likeness (QED) is 0.233. The fraction of sp³-hybridized carbons (Fsp3) is 0.906. The van der Waals surface area contributed by atoms with Crippen LogP contribution < -0.4 is 5.73 Å². The Hall–Kier alpha value is -0.950. The Morgan fingerprint density at radius 1 is 1.08 bits per heavy atom. The molecule has 0 spiro atoms. The van der Waals surface area contributed by atoms with Gasteiger partial charge in [-0.25, -0.2) is 0 Å². The summed E-state index contributed by atoms with van der Waals surface area (Å²) in [5.41, 5.74) is 6.33. The molecular weight excluding hydrogens is 474 g/mol. The monoisotopic (exact) mass is 529 g/mol. The van der Waals surface area contributed by atoms with Crippen molar-refractivity contribution in [2.24, 2.45) is 45.4 Å². The molecule has 5 fully saturated rings.